The smallest absolute Gasteiger partial charge is 0.231 e. The molecule has 0 aromatic heterocycles. The van der Waals surface area contributed by atoms with Gasteiger partial charge in [-0.1, -0.05) is 0 Å². The predicted molar refractivity (Wildman–Crippen MR) is 64.5 cm³/mol. The van der Waals surface area contributed by atoms with E-state index in [4.69, 9.17) is 10.5 Å². The van der Waals surface area contributed by atoms with Crippen LogP contribution in [0.4, 0.5) is 0 Å². The fourth-order valence-corrected chi connectivity index (χ4v) is 2.23. The Labute approximate surface area is 102 Å². The van der Waals surface area contributed by atoms with Crippen LogP contribution >= 0.6 is 0 Å². The maximum atomic E-state index is 11.0. The summed E-state index contributed by atoms with van der Waals surface area (Å²) in [5, 5.41) is 13.0. The normalized spacial score (nSPS) is 19.5. The summed E-state index contributed by atoms with van der Waals surface area (Å²) in [6.45, 7) is 2.80. The molecule has 0 saturated carbocycles. The molecule has 0 spiro atoms. The third-order valence-electron chi connectivity index (χ3n) is 2.99. The lowest BCUT2D eigenvalue weighted by Gasteiger charge is -2.34. The number of nitrogens with one attached hydrogen (secondary N) is 1. The van der Waals surface area contributed by atoms with Gasteiger partial charge in [-0.2, -0.15) is 0 Å². The van der Waals surface area contributed by atoms with Crippen LogP contribution in [-0.4, -0.2) is 68.0 Å². The van der Waals surface area contributed by atoms with E-state index in [1.54, 1.807) is 7.11 Å². The Morgan fingerprint density at radius 1 is 1.59 bits per heavy atom. The molecule has 0 aromatic carbocycles. The molecule has 6 nitrogen and oxygen atoms in total. The minimum absolute atomic E-state index is 0.200. The van der Waals surface area contributed by atoms with Gasteiger partial charge >= 0.3 is 0 Å². The molecule has 0 bridgehead atoms. The van der Waals surface area contributed by atoms with Crippen molar-refractivity contribution in [2.45, 2.75) is 25.0 Å². The number of rotatable bonds is 7. The third-order valence-corrected chi connectivity index (χ3v) is 2.99. The number of piperidine rings is 1. The van der Waals surface area contributed by atoms with Gasteiger partial charge in [0.15, 0.2) is 0 Å². The van der Waals surface area contributed by atoms with Crippen molar-refractivity contribution in [1.82, 2.24) is 10.2 Å². The molecule has 1 aliphatic heterocycles. The minimum atomic E-state index is -0.575. The van der Waals surface area contributed by atoms with Crippen LogP contribution in [0.2, 0.25) is 0 Å². The van der Waals surface area contributed by atoms with Crippen molar-refractivity contribution in [1.29, 1.82) is 0 Å². The summed E-state index contributed by atoms with van der Waals surface area (Å²) in [4.78, 5) is 13.0. The first kappa shape index (κ1) is 14.4. The molecule has 1 atom stereocenters. The Morgan fingerprint density at radius 2 is 2.24 bits per heavy atom. The molecule has 1 unspecified atom stereocenters. The first-order valence-electron chi connectivity index (χ1n) is 6.03. The molecular formula is C11H23N3O3. The van der Waals surface area contributed by atoms with Crippen LogP contribution in [0.15, 0.2) is 0 Å². The predicted octanol–water partition coefficient (Wildman–Crippen LogP) is -1.47. The highest BCUT2D eigenvalue weighted by atomic mass is 16.5. The number of carbonyl (C=O) groups excluding carboxylic acids is 1. The maximum absolute atomic E-state index is 11.0. The monoisotopic (exact) mass is 245 g/mol. The number of ether oxygens (including phenoxy) is 1. The number of aliphatic hydroxyl groups is 1. The van der Waals surface area contributed by atoms with Crippen molar-refractivity contribution in [3.63, 3.8) is 0 Å². The molecule has 4 N–H and O–H groups in total. The number of nitrogens with two attached hydrogens (primary N) is 1. The van der Waals surface area contributed by atoms with Crippen molar-refractivity contribution in [2.75, 3.05) is 39.9 Å². The zero-order valence-electron chi connectivity index (χ0n) is 10.4. The number of amides is 1. The Morgan fingerprint density at radius 3 is 2.76 bits per heavy atom. The van der Waals surface area contributed by atoms with E-state index in [9.17, 15) is 9.90 Å². The molecule has 0 radical (unpaired) electrons. The second kappa shape index (κ2) is 7.60. The van der Waals surface area contributed by atoms with Crippen molar-refractivity contribution in [3.05, 3.63) is 0 Å². The van der Waals surface area contributed by atoms with Crippen molar-refractivity contribution >= 4 is 5.91 Å². The zero-order chi connectivity index (χ0) is 12.7. The number of carbonyl (C=O) groups is 1. The number of methoxy groups -OCH3 is 1. The largest absolute Gasteiger partial charge is 0.389 e. The summed E-state index contributed by atoms with van der Waals surface area (Å²) in [5.74, 6) is -0.354. The fraction of sp³-hybridized carbons (Fsp3) is 0.909. The lowest BCUT2D eigenvalue weighted by atomic mass is 10.0. The molecule has 0 aromatic rings. The Kier molecular flexibility index (Phi) is 6.43. The summed E-state index contributed by atoms with van der Waals surface area (Å²) in [6.07, 6.45) is 1.38. The van der Waals surface area contributed by atoms with Crippen LogP contribution < -0.4 is 11.1 Å². The van der Waals surface area contributed by atoms with Gasteiger partial charge < -0.3 is 20.9 Å². The summed E-state index contributed by atoms with van der Waals surface area (Å²) in [5.41, 5.74) is 5.24. The quantitative estimate of drug-likeness (QED) is 0.510. The highest BCUT2D eigenvalue weighted by molar-refractivity contribution is 5.75. The molecule has 6 heteroatoms. The average molecular weight is 245 g/mol. The zero-order valence-corrected chi connectivity index (χ0v) is 10.4. The van der Waals surface area contributed by atoms with Gasteiger partial charge in [0.1, 0.15) is 0 Å². The van der Waals surface area contributed by atoms with Crippen molar-refractivity contribution in [3.8, 4) is 0 Å². The average Bonchev–Trinajstić information content (AvgIpc) is 2.29. The molecule has 0 aliphatic carbocycles. The number of hydrogen-bond donors (Lipinski definition) is 3. The Balaban J connectivity index is 2.49. The van der Waals surface area contributed by atoms with Crippen molar-refractivity contribution < 1.29 is 14.6 Å². The first-order valence-corrected chi connectivity index (χ1v) is 6.03. The van der Waals surface area contributed by atoms with E-state index in [1.165, 1.54) is 0 Å². The van der Waals surface area contributed by atoms with Gasteiger partial charge in [-0.15, -0.1) is 0 Å². The van der Waals surface area contributed by atoms with Crippen LogP contribution in [0.1, 0.15) is 12.8 Å². The van der Waals surface area contributed by atoms with Crippen LogP contribution in [0, 0.1) is 0 Å². The Hall–Kier alpha value is -0.690. The molecule has 1 fully saturated rings. The topological polar surface area (TPSA) is 87.8 Å². The van der Waals surface area contributed by atoms with E-state index in [-0.39, 0.29) is 19.1 Å². The Bertz CT molecular complexity index is 232. The van der Waals surface area contributed by atoms with Gasteiger partial charge in [0.05, 0.1) is 19.3 Å². The van der Waals surface area contributed by atoms with E-state index in [2.05, 4.69) is 5.32 Å². The molecule has 1 heterocycles. The maximum Gasteiger partial charge on any atom is 0.231 e. The van der Waals surface area contributed by atoms with Gasteiger partial charge in [0.25, 0.3) is 0 Å². The molecule has 100 valence electrons. The second-order valence-corrected chi connectivity index (χ2v) is 4.49. The molecular weight excluding hydrogens is 222 g/mol. The third kappa shape index (κ3) is 5.45. The first-order chi connectivity index (χ1) is 8.13. The van der Waals surface area contributed by atoms with Gasteiger partial charge in [0, 0.05) is 19.7 Å². The molecule has 1 saturated heterocycles. The lowest BCUT2D eigenvalue weighted by Crippen LogP contribution is -2.49. The summed E-state index contributed by atoms with van der Waals surface area (Å²) < 4.78 is 4.89. The highest BCUT2D eigenvalue weighted by Gasteiger charge is 2.24. The number of aliphatic hydroxyl groups excluding tert-OH is 1. The molecule has 1 amide bonds. The molecule has 1 aliphatic rings. The van der Waals surface area contributed by atoms with Crippen molar-refractivity contribution in [2.24, 2.45) is 5.73 Å². The van der Waals surface area contributed by atoms with Crippen LogP contribution in [0.3, 0.4) is 0 Å². The lowest BCUT2D eigenvalue weighted by molar-refractivity contribution is -0.120. The standard InChI is InChI=1S/C11H23N3O3/c1-17-8-10(15)6-14(7-11(12)16)9-2-4-13-5-3-9/h9-10,13,15H,2-8H2,1H3,(H2,12,16). The van der Waals surface area contributed by atoms with Crippen LogP contribution in [0.25, 0.3) is 0 Å². The van der Waals surface area contributed by atoms with E-state index in [1.807, 2.05) is 4.90 Å². The van der Waals surface area contributed by atoms with E-state index in [0.717, 1.165) is 25.9 Å². The van der Waals surface area contributed by atoms with E-state index >= 15 is 0 Å². The highest BCUT2D eigenvalue weighted by Crippen LogP contribution is 2.12. The van der Waals surface area contributed by atoms with E-state index in [0.29, 0.717) is 12.6 Å². The van der Waals surface area contributed by atoms with Gasteiger partial charge in [0.2, 0.25) is 5.91 Å². The second-order valence-electron chi connectivity index (χ2n) is 4.49. The van der Waals surface area contributed by atoms with Gasteiger partial charge in [-0.3, -0.25) is 9.69 Å². The molecule has 17 heavy (non-hydrogen) atoms. The van der Waals surface area contributed by atoms with Crippen LogP contribution in [-0.2, 0) is 9.53 Å². The fourth-order valence-electron chi connectivity index (χ4n) is 2.23. The summed E-state index contributed by atoms with van der Waals surface area (Å²) in [7, 11) is 1.55. The summed E-state index contributed by atoms with van der Waals surface area (Å²) >= 11 is 0. The molecule has 1 rings (SSSR count). The number of primary amides is 1. The van der Waals surface area contributed by atoms with Gasteiger partial charge in [-0.05, 0) is 25.9 Å². The van der Waals surface area contributed by atoms with Gasteiger partial charge in [-0.25, -0.2) is 0 Å². The number of nitrogens with zero attached hydrogens (tertiary/aromatic N) is 1. The summed E-state index contributed by atoms with van der Waals surface area (Å²) in [6, 6.07) is 0.315. The van der Waals surface area contributed by atoms with Crippen LogP contribution in [0.5, 0.6) is 0 Å². The SMILES string of the molecule is COCC(O)CN(CC(N)=O)C1CCNCC1. The van der Waals surface area contributed by atoms with E-state index < -0.39 is 6.10 Å². The number of hydrogen-bond acceptors (Lipinski definition) is 5. The minimum Gasteiger partial charge on any atom is -0.389 e.